The molecule has 1 fully saturated rings. The van der Waals surface area contributed by atoms with E-state index in [-0.39, 0.29) is 17.7 Å². The minimum absolute atomic E-state index is 0.251. The molecule has 6 heteroatoms. The average Bonchev–Trinajstić information content (AvgIpc) is 2.95. The molecule has 5 nitrogen and oxygen atoms in total. The van der Waals surface area contributed by atoms with E-state index in [0.29, 0.717) is 28.6 Å². The third kappa shape index (κ3) is 4.23. The molecule has 27 heavy (non-hydrogen) atoms. The molecule has 2 aromatic carbocycles. The molecule has 2 amide bonds. The van der Waals surface area contributed by atoms with E-state index in [9.17, 15) is 9.59 Å². The number of hydrogen-bond donors (Lipinski definition) is 0. The van der Waals surface area contributed by atoms with Gasteiger partial charge in [0.15, 0.2) is 11.5 Å². The van der Waals surface area contributed by atoms with Crippen molar-refractivity contribution in [1.29, 1.82) is 0 Å². The van der Waals surface area contributed by atoms with Crippen LogP contribution >= 0.6 is 11.8 Å². The zero-order valence-corrected chi connectivity index (χ0v) is 15.7. The second kappa shape index (κ2) is 8.60. The first-order valence-electron chi connectivity index (χ1n) is 8.34. The molecule has 0 aliphatic carbocycles. The number of imide groups is 1. The highest BCUT2D eigenvalue weighted by Gasteiger charge is 2.35. The van der Waals surface area contributed by atoms with Crippen molar-refractivity contribution in [3.63, 3.8) is 0 Å². The lowest BCUT2D eigenvalue weighted by Crippen LogP contribution is -2.27. The number of carbonyl (C=O) groups is 2. The van der Waals surface area contributed by atoms with Crippen LogP contribution in [0.1, 0.15) is 11.1 Å². The van der Waals surface area contributed by atoms with Gasteiger partial charge in [0.05, 0.1) is 18.6 Å². The van der Waals surface area contributed by atoms with E-state index >= 15 is 0 Å². The summed E-state index contributed by atoms with van der Waals surface area (Å²) in [5, 5.41) is -0.286. The fourth-order valence-corrected chi connectivity index (χ4v) is 3.48. The van der Waals surface area contributed by atoms with Crippen LogP contribution in [0.4, 0.5) is 4.79 Å². The number of hydrogen-bond acceptors (Lipinski definition) is 5. The number of rotatable bonds is 7. The van der Waals surface area contributed by atoms with Crippen molar-refractivity contribution in [2.24, 2.45) is 0 Å². The zero-order valence-electron chi connectivity index (χ0n) is 14.9. The summed E-state index contributed by atoms with van der Waals surface area (Å²) in [6.07, 6.45) is 3.29. The van der Waals surface area contributed by atoms with Crippen LogP contribution in [0, 0.1) is 0 Å². The Labute approximate surface area is 162 Å². The first-order valence-corrected chi connectivity index (χ1v) is 9.15. The quantitative estimate of drug-likeness (QED) is 0.522. The first kappa shape index (κ1) is 18.8. The monoisotopic (exact) mass is 381 g/mol. The Balaban J connectivity index is 1.88. The van der Waals surface area contributed by atoms with Crippen molar-refractivity contribution in [3.8, 4) is 11.5 Å². The van der Waals surface area contributed by atoms with Crippen molar-refractivity contribution in [3.05, 3.63) is 77.2 Å². The minimum atomic E-state index is -0.314. The molecule has 0 atom stereocenters. The number of ether oxygens (including phenoxy) is 2. The van der Waals surface area contributed by atoms with E-state index in [4.69, 9.17) is 9.47 Å². The predicted molar refractivity (Wildman–Crippen MR) is 107 cm³/mol. The van der Waals surface area contributed by atoms with Gasteiger partial charge in [0.25, 0.3) is 11.1 Å². The van der Waals surface area contributed by atoms with E-state index in [0.717, 1.165) is 17.3 Å². The number of carbonyl (C=O) groups excluding carboxylic acids is 2. The summed E-state index contributed by atoms with van der Waals surface area (Å²) in [5.41, 5.74) is 1.57. The largest absolute Gasteiger partial charge is 0.493 e. The Morgan fingerprint density at radius 1 is 1.11 bits per heavy atom. The van der Waals surface area contributed by atoms with Crippen molar-refractivity contribution >= 4 is 29.0 Å². The van der Waals surface area contributed by atoms with Crippen LogP contribution in [0.3, 0.4) is 0 Å². The van der Waals surface area contributed by atoms with Gasteiger partial charge >= 0.3 is 0 Å². The van der Waals surface area contributed by atoms with Gasteiger partial charge in [-0.05, 0) is 29.5 Å². The molecule has 0 radical (unpaired) electrons. The van der Waals surface area contributed by atoms with Crippen LogP contribution in [-0.4, -0.2) is 29.8 Å². The van der Waals surface area contributed by atoms with Crippen LogP contribution in [0.25, 0.3) is 6.08 Å². The highest BCUT2D eigenvalue weighted by Crippen LogP contribution is 2.37. The number of thioether (sulfide) groups is 1. The third-order valence-corrected chi connectivity index (χ3v) is 4.83. The number of nitrogens with zero attached hydrogens (tertiary/aromatic N) is 1. The Morgan fingerprint density at radius 3 is 2.59 bits per heavy atom. The molecule has 3 rings (SSSR count). The highest BCUT2D eigenvalue weighted by molar-refractivity contribution is 8.18. The van der Waals surface area contributed by atoms with Gasteiger partial charge < -0.3 is 9.47 Å². The molecule has 0 bridgehead atoms. The molecule has 0 unspecified atom stereocenters. The minimum Gasteiger partial charge on any atom is -0.493 e. The molecule has 138 valence electrons. The summed E-state index contributed by atoms with van der Waals surface area (Å²) in [5.74, 6) is 0.746. The first-order chi connectivity index (χ1) is 13.1. The fraction of sp³-hybridized carbons (Fsp3) is 0.143. The van der Waals surface area contributed by atoms with Crippen LogP contribution in [-0.2, 0) is 11.3 Å². The second-order valence-electron chi connectivity index (χ2n) is 5.73. The Hall–Kier alpha value is -2.99. The summed E-state index contributed by atoms with van der Waals surface area (Å²) < 4.78 is 11.0. The molecule has 0 aromatic heterocycles. The second-order valence-corrected chi connectivity index (χ2v) is 6.72. The Bertz CT molecular complexity index is 892. The molecule has 1 heterocycles. The Morgan fingerprint density at radius 2 is 1.89 bits per heavy atom. The van der Waals surface area contributed by atoms with Crippen molar-refractivity contribution in [1.82, 2.24) is 4.90 Å². The molecular weight excluding hydrogens is 362 g/mol. The molecule has 0 spiro atoms. The Kier molecular flexibility index (Phi) is 5.98. The van der Waals surface area contributed by atoms with Gasteiger partial charge in [-0.25, -0.2) is 0 Å². The van der Waals surface area contributed by atoms with E-state index in [1.54, 1.807) is 31.4 Å². The van der Waals surface area contributed by atoms with Gasteiger partial charge in [0, 0.05) is 5.56 Å². The SMILES string of the molecule is C=CCOc1c(/C=C2\SC(=O)N(Cc3ccccc3)C2=O)cccc1OC. The number of benzene rings is 2. The predicted octanol–water partition coefficient (Wildman–Crippen LogP) is 4.50. The summed E-state index contributed by atoms with van der Waals surface area (Å²) in [6, 6.07) is 14.8. The third-order valence-electron chi connectivity index (χ3n) is 3.92. The van der Waals surface area contributed by atoms with Gasteiger partial charge in [-0.2, -0.15) is 0 Å². The molecule has 0 saturated carbocycles. The normalized spacial score (nSPS) is 15.3. The van der Waals surface area contributed by atoms with Crippen molar-refractivity contribution in [2.45, 2.75) is 6.54 Å². The maximum Gasteiger partial charge on any atom is 0.293 e. The van der Waals surface area contributed by atoms with E-state index in [2.05, 4.69) is 6.58 Å². The van der Waals surface area contributed by atoms with Gasteiger partial charge in [-0.1, -0.05) is 55.1 Å². The summed E-state index contributed by atoms with van der Waals surface area (Å²) in [6.45, 7) is 4.20. The van der Waals surface area contributed by atoms with E-state index in [1.807, 2.05) is 36.4 Å². The summed E-state index contributed by atoms with van der Waals surface area (Å²) in [7, 11) is 1.55. The van der Waals surface area contributed by atoms with Gasteiger partial charge in [-0.3, -0.25) is 14.5 Å². The lowest BCUT2D eigenvalue weighted by atomic mass is 10.1. The molecule has 1 aliphatic rings. The van der Waals surface area contributed by atoms with Crippen LogP contribution < -0.4 is 9.47 Å². The zero-order chi connectivity index (χ0) is 19.2. The van der Waals surface area contributed by atoms with Crippen LogP contribution in [0.2, 0.25) is 0 Å². The standard InChI is InChI=1S/C21H19NO4S/c1-3-12-26-19-16(10-7-11-17(19)25-2)13-18-20(23)22(21(24)27-18)14-15-8-5-4-6-9-15/h3-11,13H,1,12,14H2,2H3/b18-13-. The lowest BCUT2D eigenvalue weighted by Gasteiger charge is -2.13. The molecule has 1 saturated heterocycles. The average molecular weight is 381 g/mol. The van der Waals surface area contributed by atoms with Crippen LogP contribution in [0.5, 0.6) is 11.5 Å². The van der Waals surface area contributed by atoms with Crippen molar-refractivity contribution < 1.29 is 19.1 Å². The fourth-order valence-electron chi connectivity index (χ4n) is 2.65. The molecule has 0 N–H and O–H groups in total. The maximum atomic E-state index is 12.7. The topological polar surface area (TPSA) is 55.8 Å². The lowest BCUT2D eigenvalue weighted by molar-refractivity contribution is -0.123. The summed E-state index contributed by atoms with van der Waals surface area (Å²) in [4.78, 5) is 26.7. The van der Waals surface area contributed by atoms with Crippen LogP contribution in [0.15, 0.2) is 66.1 Å². The number of para-hydroxylation sites is 1. The smallest absolute Gasteiger partial charge is 0.293 e. The van der Waals surface area contributed by atoms with E-state index < -0.39 is 0 Å². The molecule has 1 aliphatic heterocycles. The molecular formula is C21H19NO4S. The van der Waals surface area contributed by atoms with Gasteiger partial charge in [0.2, 0.25) is 0 Å². The van der Waals surface area contributed by atoms with Crippen molar-refractivity contribution in [2.75, 3.05) is 13.7 Å². The molecule has 2 aromatic rings. The number of amides is 2. The van der Waals surface area contributed by atoms with E-state index in [1.165, 1.54) is 4.90 Å². The van der Waals surface area contributed by atoms with Gasteiger partial charge in [-0.15, -0.1) is 0 Å². The number of methoxy groups -OCH3 is 1. The highest BCUT2D eigenvalue weighted by atomic mass is 32.2. The summed E-state index contributed by atoms with van der Waals surface area (Å²) >= 11 is 0.924. The van der Waals surface area contributed by atoms with Gasteiger partial charge in [0.1, 0.15) is 6.61 Å². The maximum absolute atomic E-state index is 12.7.